The molecule has 0 aromatic carbocycles. The zero-order valence-electron chi connectivity index (χ0n) is 10.4. The van der Waals surface area contributed by atoms with E-state index >= 15 is 0 Å². The molecule has 1 unspecified atom stereocenters. The maximum Gasteiger partial charge on any atom is 0.306 e. The van der Waals surface area contributed by atoms with E-state index in [9.17, 15) is 9.59 Å². The molecule has 0 bridgehead atoms. The number of nitrogens with one attached hydrogen (secondary N) is 1. The number of rotatable bonds is 6. The van der Waals surface area contributed by atoms with Crippen LogP contribution in [0.2, 0.25) is 0 Å². The molecule has 0 aliphatic carbocycles. The molecule has 0 fully saturated rings. The Labute approximate surface area is 96.2 Å². The second-order valence-electron chi connectivity index (χ2n) is 5.00. The average Bonchev–Trinajstić information content (AvgIpc) is 2.08. The van der Waals surface area contributed by atoms with E-state index in [-0.39, 0.29) is 24.3 Å². The van der Waals surface area contributed by atoms with E-state index in [0.29, 0.717) is 6.42 Å². The van der Waals surface area contributed by atoms with Gasteiger partial charge in [0.2, 0.25) is 5.91 Å². The van der Waals surface area contributed by atoms with Gasteiger partial charge >= 0.3 is 5.97 Å². The van der Waals surface area contributed by atoms with E-state index < -0.39 is 12.1 Å². The van der Waals surface area contributed by atoms with Gasteiger partial charge in [0, 0.05) is 20.1 Å². The molecule has 0 aliphatic rings. The minimum Gasteiger partial charge on any atom is -0.481 e. The lowest BCUT2D eigenvalue weighted by Gasteiger charge is -2.19. The van der Waals surface area contributed by atoms with Crippen LogP contribution in [0, 0.1) is 5.41 Å². The molecule has 2 N–H and O–H groups in total. The number of carbonyl (C=O) groups excluding carboxylic acids is 1. The number of methoxy groups -OCH3 is 1. The first-order chi connectivity index (χ1) is 7.24. The molecule has 0 spiro atoms. The topological polar surface area (TPSA) is 75.6 Å². The normalized spacial score (nSPS) is 13.2. The predicted octanol–water partition coefficient (Wildman–Crippen LogP) is 1.03. The van der Waals surface area contributed by atoms with Crippen molar-refractivity contribution in [3.8, 4) is 0 Å². The summed E-state index contributed by atoms with van der Waals surface area (Å²) < 4.78 is 4.95. The Balaban J connectivity index is 3.93. The fourth-order valence-corrected chi connectivity index (χ4v) is 1.21. The van der Waals surface area contributed by atoms with Crippen LogP contribution >= 0.6 is 0 Å². The first-order valence-electron chi connectivity index (χ1n) is 5.26. The van der Waals surface area contributed by atoms with Crippen LogP contribution in [0.4, 0.5) is 0 Å². The lowest BCUT2D eigenvalue weighted by Crippen LogP contribution is -2.36. The van der Waals surface area contributed by atoms with Crippen molar-refractivity contribution >= 4 is 11.9 Å². The largest absolute Gasteiger partial charge is 0.481 e. The Morgan fingerprint density at radius 1 is 1.38 bits per heavy atom. The van der Waals surface area contributed by atoms with Gasteiger partial charge in [-0.3, -0.25) is 9.59 Å². The molecule has 94 valence electrons. The number of carbonyl (C=O) groups is 2. The third-order valence-corrected chi connectivity index (χ3v) is 1.95. The van der Waals surface area contributed by atoms with E-state index in [1.165, 1.54) is 7.11 Å². The van der Waals surface area contributed by atoms with Crippen LogP contribution in [0.5, 0.6) is 0 Å². The van der Waals surface area contributed by atoms with E-state index in [1.54, 1.807) is 0 Å². The molecule has 0 heterocycles. The fraction of sp³-hybridized carbons (Fsp3) is 0.818. The number of amides is 1. The lowest BCUT2D eigenvalue weighted by molar-refractivity contribution is -0.140. The monoisotopic (exact) mass is 231 g/mol. The van der Waals surface area contributed by atoms with Crippen LogP contribution < -0.4 is 5.32 Å². The molecule has 0 rings (SSSR count). The summed E-state index contributed by atoms with van der Waals surface area (Å²) in [6, 6.07) is 0. The van der Waals surface area contributed by atoms with E-state index in [4.69, 9.17) is 9.84 Å². The summed E-state index contributed by atoms with van der Waals surface area (Å²) in [6.07, 6.45) is -0.163. The maximum atomic E-state index is 11.5. The highest BCUT2D eigenvalue weighted by Gasteiger charge is 2.18. The summed E-state index contributed by atoms with van der Waals surface area (Å²) >= 11 is 0. The van der Waals surface area contributed by atoms with Gasteiger partial charge in [-0.1, -0.05) is 20.8 Å². The van der Waals surface area contributed by atoms with Crippen molar-refractivity contribution in [3.63, 3.8) is 0 Å². The molecule has 5 heteroatoms. The standard InChI is InChI=1S/C11H21NO4/c1-11(2,3)6-9(13)12-7-8(16-4)5-10(14)15/h8H,5-7H2,1-4H3,(H,12,13)(H,14,15). The SMILES string of the molecule is COC(CNC(=O)CC(C)(C)C)CC(=O)O. The van der Waals surface area contributed by atoms with Crippen molar-refractivity contribution in [1.29, 1.82) is 0 Å². The number of hydrogen-bond acceptors (Lipinski definition) is 3. The van der Waals surface area contributed by atoms with Crippen LogP contribution in [-0.4, -0.2) is 36.7 Å². The van der Waals surface area contributed by atoms with Gasteiger partial charge in [-0.25, -0.2) is 0 Å². The van der Waals surface area contributed by atoms with Crippen molar-refractivity contribution in [2.24, 2.45) is 5.41 Å². The molecule has 0 aliphatic heterocycles. The summed E-state index contributed by atoms with van der Waals surface area (Å²) in [4.78, 5) is 21.9. The Bertz CT molecular complexity index is 245. The molecular weight excluding hydrogens is 210 g/mol. The highest BCUT2D eigenvalue weighted by molar-refractivity contribution is 5.76. The first kappa shape index (κ1) is 14.9. The number of ether oxygens (including phenoxy) is 1. The zero-order valence-corrected chi connectivity index (χ0v) is 10.4. The molecule has 16 heavy (non-hydrogen) atoms. The van der Waals surface area contributed by atoms with Crippen LogP contribution in [0.25, 0.3) is 0 Å². The van der Waals surface area contributed by atoms with E-state index in [0.717, 1.165) is 0 Å². The smallest absolute Gasteiger partial charge is 0.306 e. The number of aliphatic carboxylic acids is 1. The molecule has 0 aromatic heterocycles. The Kier molecular flexibility index (Phi) is 6.03. The number of carboxylic acids is 1. The highest BCUT2D eigenvalue weighted by atomic mass is 16.5. The molecule has 1 amide bonds. The van der Waals surface area contributed by atoms with E-state index in [2.05, 4.69) is 5.32 Å². The molecule has 0 aromatic rings. The molecular formula is C11H21NO4. The van der Waals surface area contributed by atoms with Gasteiger partial charge in [-0.2, -0.15) is 0 Å². The number of carboxylic acid groups (broad SMARTS) is 1. The lowest BCUT2D eigenvalue weighted by atomic mass is 9.92. The van der Waals surface area contributed by atoms with E-state index in [1.807, 2.05) is 20.8 Å². The van der Waals surface area contributed by atoms with Crippen molar-refractivity contribution in [3.05, 3.63) is 0 Å². The van der Waals surface area contributed by atoms with Gasteiger partial charge in [0.15, 0.2) is 0 Å². The second-order valence-corrected chi connectivity index (χ2v) is 5.00. The second kappa shape index (κ2) is 6.48. The number of hydrogen-bond donors (Lipinski definition) is 2. The summed E-state index contributed by atoms with van der Waals surface area (Å²) in [7, 11) is 1.43. The highest BCUT2D eigenvalue weighted by Crippen LogP contribution is 2.17. The summed E-state index contributed by atoms with van der Waals surface area (Å²) in [5, 5.41) is 11.2. The molecule has 5 nitrogen and oxygen atoms in total. The van der Waals surface area contributed by atoms with Crippen LogP contribution in [0.15, 0.2) is 0 Å². The summed E-state index contributed by atoms with van der Waals surface area (Å²) in [5.74, 6) is -1.02. The first-order valence-corrected chi connectivity index (χ1v) is 5.26. The quantitative estimate of drug-likeness (QED) is 0.716. The zero-order chi connectivity index (χ0) is 12.8. The predicted molar refractivity (Wildman–Crippen MR) is 60.1 cm³/mol. The molecule has 0 radical (unpaired) electrons. The summed E-state index contributed by atoms with van der Waals surface area (Å²) in [6.45, 7) is 6.14. The van der Waals surface area contributed by atoms with Gasteiger partial charge in [0.05, 0.1) is 12.5 Å². The third-order valence-electron chi connectivity index (χ3n) is 1.95. The van der Waals surface area contributed by atoms with Crippen molar-refractivity contribution in [2.45, 2.75) is 39.7 Å². The Morgan fingerprint density at radius 3 is 2.31 bits per heavy atom. The van der Waals surface area contributed by atoms with Gasteiger partial charge in [0.1, 0.15) is 0 Å². The van der Waals surface area contributed by atoms with Crippen LogP contribution in [-0.2, 0) is 14.3 Å². The van der Waals surface area contributed by atoms with Crippen LogP contribution in [0.1, 0.15) is 33.6 Å². The minimum absolute atomic E-state index is 0.0700. The van der Waals surface area contributed by atoms with Crippen molar-refractivity contribution in [1.82, 2.24) is 5.32 Å². The third kappa shape index (κ3) is 8.23. The Morgan fingerprint density at radius 2 is 1.94 bits per heavy atom. The molecule has 0 saturated heterocycles. The summed E-state index contributed by atoms with van der Waals surface area (Å²) in [5.41, 5.74) is -0.0700. The van der Waals surface area contributed by atoms with Gasteiger partial charge in [-0.05, 0) is 5.41 Å². The van der Waals surface area contributed by atoms with Gasteiger partial charge < -0.3 is 15.2 Å². The van der Waals surface area contributed by atoms with Crippen LogP contribution in [0.3, 0.4) is 0 Å². The maximum absolute atomic E-state index is 11.5. The molecule has 0 saturated carbocycles. The van der Waals surface area contributed by atoms with Gasteiger partial charge in [-0.15, -0.1) is 0 Å². The van der Waals surface area contributed by atoms with Gasteiger partial charge in [0.25, 0.3) is 0 Å². The molecule has 1 atom stereocenters. The fourth-order valence-electron chi connectivity index (χ4n) is 1.21. The average molecular weight is 231 g/mol. The van der Waals surface area contributed by atoms with Crippen molar-refractivity contribution < 1.29 is 19.4 Å². The minimum atomic E-state index is -0.933. The van der Waals surface area contributed by atoms with Crippen molar-refractivity contribution in [2.75, 3.05) is 13.7 Å². The Hall–Kier alpha value is -1.10.